The van der Waals surface area contributed by atoms with Gasteiger partial charge >= 0.3 is 5.97 Å². The number of piperidine rings is 1. The third-order valence-corrected chi connectivity index (χ3v) is 3.53. The molecule has 5 nitrogen and oxygen atoms in total. The Morgan fingerprint density at radius 1 is 1.37 bits per heavy atom. The number of anilines is 1. The van der Waals surface area contributed by atoms with E-state index in [0.717, 1.165) is 25.9 Å². The van der Waals surface area contributed by atoms with Crippen molar-refractivity contribution in [1.29, 1.82) is 0 Å². The first-order valence-electron chi connectivity index (χ1n) is 6.18. The molecule has 1 aromatic heterocycles. The van der Waals surface area contributed by atoms with Gasteiger partial charge in [0.05, 0.1) is 13.2 Å². The van der Waals surface area contributed by atoms with Crippen molar-refractivity contribution in [3.8, 4) is 0 Å². The van der Waals surface area contributed by atoms with Crippen molar-refractivity contribution in [2.75, 3.05) is 32.2 Å². The molecule has 2 heterocycles. The number of carbonyl (C=O) groups is 1. The highest BCUT2D eigenvalue weighted by molar-refractivity contribution is 6.29. The lowest BCUT2D eigenvalue weighted by Crippen LogP contribution is -2.38. The van der Waals surface area contributed by atoms with Gasteiger partial charge in [-0.2, -0.15) is 0 Å². The highest BCUT2D eigenvalue weighted by atomic mass is 35.5. The second-order valence-corrected chi connectivity index (χ2v) is 4.81. The maximum absolute atomic E-state index is 11.8. The third kappa shape index (κ3) is 3.16. The summed E-state index contributed by atoms with van der Waals surface area (Å²) in [5.74, 6) is 0.196. The van der Waals surface area contributed by atoms with E-state index in [0.29, 0.717) is 16.5 Å². The van der Waals surface area contributed by atoms with Crippen molar-refractivity contribution in [2.45, 2.75) is 18.9 Å². The predicted octanol–water partition coefficient (Wildman–Crippen LogP) is 2.14. The number of ether oxygens (including phenoxy) is 2. The molecular weight excluding hydrogens is 268 g/mol. The SMILES string of the molecule is COC(=O)c1ccc(Cl)nc1N1CCC(OC)CC1. The lowest BCUT2D eigenvalue weighted by Gasteiger charge is -2.32. The predicted molar refractivity (Wildman–Crippen MR) is 72.8 cm³/mol. The molecule has 0 saturated carbocycles. The fourth-order valence-electron chi connectivity index (χ4n) is 2.24. The van der Waals surface area contributed by atoms with Gasteiger partial charge in [-0.1, -0.05) is 11.6 Å². The van der Waals surface area contributed by atoms with Crippen LogP contribution in [0.1, 0.15) is 23.2 Å². The first-order chi connectivity index (χ1) is 9.15. The molecule has 0 aromatic carbocycles. The van der Waals surface area contributed by atoms with Crippen LogP contribution < -0.4 is 4.90 Å². The summed E-state index contributed by atoms with van der Waals surface area (Å²) in [4.78, 5) is 18.1. The van der Waals surface area contributed by atoms with E-state index in [1.165, 1.54) is 7.11 Å². The highest BCUT2D eigenvalue weighted by Gasteiger charge is 2.24. The number of esters is 1. The van der Waals surface area contributed by atoms with Gasteiger partial charge in [-0.3, -0.25) is 0 Å². The highest BCUT2D eigenvalue weighted by Crippen LogP contribution is 2.25. The largest absolute Gasteiger partial charge is 0.465 e. The van der Waals surface area contributed by atoms with Crippen molar-refractivity contribution < 1.29 is 14.3 Å². The molecule has 1 saturated heterocycles. The first kappa shape index (κ1) is 14.1. The Balaban J connectivity index is 2.23. The third-order valence-electron chi connectivity index (χ3n) is 3.32. The summed E-state index contributed by atoms with van der Waals surface area (Å²) >= 11 is 5.93. The molecule has 1 aromatic rings. The quantitative estimate of drug-likeness (QED) is 0.629. The van der Waals surface area contributed by atoms with Gasteiger partial charge in [-0.15, -0.1) is 0 Å². The van der Waals surface area contributed by atoms with E-state index in [1.54, 1.807) is 19.2 Å². The Labute approximate surface area is 117 Å². The van der Waals surface area contributed by atoms with Crippen LogP contribution in [0.15, 0.2) is 12.1 Å². The van der Waals surface area contributed by atoms with Crippen LogP contribution in [0.3, 0.4) is 0 Å². The van der Waals surface area contributed by atoms with Crippen LogP contribution in [-0.4, -0.2) is 44.4 Å². The van der Waals surface area contributed by atoms with Crippen LogP contribution in [0.5, 0.6) is 0 Å². The number of halogens is 1. The second kappa shape index (κ2) is 6.21. The van der Waals surface area contributed by atoms with Crippen molar-refractivity contribution in [1.82, 2.24) is 4.98 Å². The summed E-state index contributed by atoms with van der Waals surface area (Å²) in [6.07, 6.45) is 2.09. The summed E-state index contributed by atoms with van der Waals surface area (Å²) in [6, 6.07) is 3.25. The summed E-state index contributed by atoms with van der Waals surface area (Å²) in [5, 5.41) is 0.372. The van der Waals surface area contributed by atoms with Crippen LogP contribution >= 0.6 is 11.6 Å². The van der Waals surface area contributed by atoms with Crippen LogP contribution in [-0.2, 0) is 9.47 Å². The normalized spacial score (nSPS) is 16.5. The number of pyridine rings is 1. The zero-order valence-electron chi connectivity index (χ0n) is 11.1. The van der Waals surface area contributed by atoms with E-state index in [1.807, 2.05) is 4.90 Å². The van der Waals surface area contributed by atoms with E-state index in [2.05, 4.69) is 4.98 Å². The molecule has 19 heavy (non-hydrogen) atoms. The summed E-state index contributed by atoms with van der Waals surface area (Å²) in [7, 11) is 3.08. The smallest absolute Gasteiger partial charge is 0.341 e. The van der Waals surface area contributed by atoms with E-state index >= 15 is 0 Å². The summed E-state index contributed by atoms with van der Waals surface area (Å²) in [6.45, 7) is 1.58. The van der Waals surface area contributed by atoms with E-state index < -0.39 is 5.97 Å². The lowest BCUT2D eigenvalue weighted by molar-refractivity contribution is 0.0600. The number of carbonyl (C=O) groups excluding carboxylic acids is 1. The minimum absolute atomic E-state index is 0.275. The number of aromatic nitrogens is 1. The maximum atomic E-state index is 11.8. The number of hydrogen-bond acceptors (Lipinski definition) is 5. The van der Waals surface area contributed by atoms with E-state index in [9.17, 15) is 4.79 Å². The van der Waals surface area contributed by atoms with Gasteiger partial charge in [0.25, 0.3) is 0 Å². The van der Waals surface area contributed by atoms with Crippen LogP contribution in [0.25, 0.3) is 0 Å². The molecule has 1 aliphatic heterocycles. The summed E-state index contributed by atoms with van der Waals surface area (Å²) < 4.78 is 10.1. The number of hydrogen-bond donors (Lipinski definition) is 0. The Morgan fingerprint density at radius 2 is 2.05 bits per heavy atom. The second-order valence-electron chi connectivity index (χ2n) is 4.42. The molecular formula is C13H17ClN2O3. The molecule has 0 bridgehead atoms. The zero-order valence-corrected chi connectivity index (χ0v) is 11.8. The van der Waals surface area contributed by atoms with Crippen molar-refractivity contribution in [3.05, 3.63) is 22.8 Å². The van der Waals surface area contributed by atoms with Gasteiger partial charge < -0.3 is 14.4 Å². The van der Waals surface area contributed by atoms with E-state index in [4.69, 9.17) is 21.1 Å². The Kier molecular flexibility index (Phi) is 4.61. The Bertz CT molecular complexity index is 459. The average molecular weight is 285 g/mol. The van der Waals surface area contributed by atoms with Gasteiger partial charge in [0.2, 0.25) is 0 Å². The van der Waals surface area contributed by atoms with Gasteiger partial charge in [0, 0.05) is 20.2 Å². The molecule has 2 rings (SSSR count). The minimum Gasteiger partial charge on any atom is -0.465 e. The minimum atomic E-state index is -0.395. The van der Waals surface area contributed by atoms with Gasteiger partial charge in [-0.05, 0) is 25.0 Å². The fourth-order valence-corrected chi connectivity index (χ4v) is 2.38. The lowest BCUT2D eigenvalue weighted by atomic mass is 10.1. The first-order valence-corrected chi connectivity index (χ1v) is 6.56. The zero-order chi connectivity index (χ0) is 13.8. The monoisotopic (exact) mass is 284 g/mol. The van der Waals surface area contributed by atoms with Crippen LogP contribution in [0.2, 0.25) is 5.15 Å². The fraction of sp³-hybridized carbons (Fsp3) is 0.538. The van der Waals surface area contributed by atoms with Gasteiger partial charge in [-0.25, -0.2) is 9.78 Å². The van der Waals surface area contributed by atoms with Crippen LogP contribution in [0, 0.1) is 0 Å². The molecule has 0 atom stereocenters. The molecule has 0 unspecified atom stereocenters. The molecule has 0 radical (unpaired) electrons. The van der Waals surface area contributed by atoms with Crippen molar-refractivity contribution in [3.63, 3.8) is 0 Å². The van der Waals surface area contributed by atoms with Crippen molar-refractivity contribution in [2.24, 2.45) is 0 Å². The molecule has 0 amide bonds. The maximum Gasteiger partial charge on any atom is 0.341 e. The molecule has 6 heteroatoms. The number of rotatable bonds is 3. The standard InChI is InChI=1S/C13H17ClN2O3/c1-18-9-5-7-16(8-6-9)12-10(13(17)19-2)3-4-11(14)15-12/h3-4,9H,5-8H2,1-2H3. The average Bonchev–Trinajstić information content (AvgIpc) is 2.46. The topological polar surface area (TPSA) is 51.7 Å². The van der Waals surface area contributed by atoms with Gasteiger partial charge in [0.1, 0.15) is 16.5 Å². The molecule has 104 valence electrons. The Morgan fingerprint density at radius 3 is 2.63 bits per heavy atom. The number of nitrogens with zero attached hydrogens (tertiary/aromatic N) is 2. The van der Waals surface area contributed by atoms with Gasteiger partial charge in [0.15, 0.2) is 0 Å². The Hall–Kier alpha value is -1.33. The summed E-state index contributed by atoms with van der Waals surface area (Å²) in [5.41, 5.74) is 0.447. The molecule has 1 fully saturated rings. The van der Waals surface area contributed by atoms with Crippen molar-refractivity contribution >= 4 is 23.4 Å². The van der Waals surface area contributed by atoms with Crippen LogP contribution in [0.4, 0.5) is 5.82 Å². The molecule has 0 aliphatic carbocycles. The van der Waals surface area contributed by atoms with E-state index in [-0.39, 0.29) is 6.10 Å². The molecule has 0 spiro atoms. The molecule has 1 aliphatic rings. The number of methoxy groups -OCH3 is 2. The molecule has 0 N–H and O–H groups in total.